The minimum absolute atomic E-state index is 0.116. The van der Waals surface area contributed by atoms with Crippen molar-refractivity contribution in [1.82, 2.24) is 9.80 Å². The van der Waals surface area contributed by atoms with Crippen LogP contribution in [0.15, 0.2) is 30.3 Å². The van der Waals surface area contributed by atoms with Crippen LogP contribution >= 0.6 is 11.6 Å². The minimum Gasteiger partial charge on any atom is -0.479 e. The van der Waals surface area contributed by atoms with Gasteiger partial charge in [0.05, 0.1) is 12.6 Å². The summed E-state index contributed by atoms with van der Waals surface area (Å²) in [7, 11) is 0. The van der Waals surface area contributed by atoms with E-state index in [1.54, 1.807) is 6.92 Å². The van der Waals surface area contributed by atoms with Crippen molar-refractivity contribution < 1.29 is 14.6 Å². The molecule has 0 amide bonds. The normalized spacial score (nSPS) is 22.4. The molecule has 0 aromatic heterocycles. The third-order valence-corrected chi connectivity index (χ3v) is 8.17. The summed E-state index contributed by atoms with van der Waals surface area (Å²) in [5.41, 5.74) is 7.68. The van der Waals surface area contributed by atoms with E-state index in [2.05, 4.69) is 87.6 Å². The van der Waals surface area contributed by atoms with E-state index in [-0.39, 0.29) is 24.2 Å². The number of carboxylic acid groups (broad SMARTS) is 1. The Hall–Kier alpha value is -1.92. The van der Waals surface area contributed by atoms with Gasteiger partial charge in [0.1, 0.15) is 0 Å². The third-order valence-electron chi connectivity index (χ3n) is 7.75. The predicted octanol–water partition coefficient (Wildman–Crippen LogP) is 5.94. The van der Waals surface area contributed by atoms with Crippen LogP contribution in [0.5, 0.6) is 0 Å². The van der Waals surface area contributed by atoms with Crippen LogP contribution in [0.1, 0.15) is 67.1 Å². The maximum atomic E-state index is 11.5. The quantitative estimate of drug-likeness (QED) is 0.485. The number of piperazine rings is 1. The monoisotopic (exact) mass is 501 g/mol. The van der Waals surface area contributed by atoms with E-state index in [4.69, 9.17) is 17.8 Å². The van der Waals surface area contributed by atoms with E-state index >= 15 is 0 Å². The van der Waals surface area contributed by atoms with Crippen molar-refractivity contribution in [3.05, 3.63) is 68.7 Å². The molecular formula is C29H41ClN2O3. The number of benzene rings is 2. The van der Waals surface area contributed by atoms with Gasteiger partial charge in [0.2, 0.25) is 0 Å². The molecule has 1 aliphatic heterocycles. The average molecular weight is 502 g/mol. The molecule has 0 bridgehead atoms. The molecule has 192 valence electrons. The standard InChI is InChI=1S/C29H41ClN2O3/c1-17-9-11-26(23(7)22(17)6)28(25-10-12-27(30)18(2)13-25)32-19(3)14-31(15-20(32)4)21(5)16-35-24(8)29(33)34/h9-13,19-21,24,28H,14-16H2,1-8H3,(H,33,34)/i/hD. The van der Waals surface area contributed by atoms with E-state index in [1.165, 1.54) is 27.8 Å². The van der Waals surface area contributed by atoms with Crippen molar-refractivity contribution in [2.45, 2.75) is 85.7 Å². The lowest BCUT2D eigenvalue weighted by molar-refractivity contribution is -0.150. The molecule has 2 aromatic rings. The Labute approximate surface area is 217 Å². The lowest BCUT2D eigenvalue weighted by atomic mass is 9.87. The summed E-state index contributed by atoms with van der Waals surface area (Å²) in [5, 5.41) is 4.84. The summed E-state index contributed by atoms with van der Waals surface area (Å²) in [4.78, 5) is 16.6. The van der Waals surface area contributed by atoms with Gasteiger partial charge in [0.25, 0.3) is 1.43 Å². The fraction of sp³-hybridized carbons (Fsp3) is 0.552. The summed E-state index contributed by atoms with van der Waals surface area (Å²) in [6.07, 6.45) is -0.744. The molecule has 2 aromatic carbocycles. The van der Waals surface area contributed by atoms with Crippen molar-refractivity contribution in [1.29, 1.82) is 1.43 Å². The molecule has 1 saturated heterocycles. The Balaban J connectivity index is 1.90. The Morgan fingerprint density at radius 2 is 1.74 bits per heavy atom. The number of aryl methyl sites for hydroxylation is 2. The fourth-order valence-electron chi connectivity index (χ4n) is 5.33. The third kappa shape index (κ3) is 6.08. The first-order valence-corrected chi connectivity index (χ1v) is 13.0. The van der Waals surface area contributed by atoms with Gasteiger partial charge in [-0.3, -0.25) is 9.80 Å². The molecule has 5 unspecified atom stereocenters. The first-order valence-electron chi connectivity index (χ1n) is 13.0. The number of carboxylic acids is 1. The zero-order valence-electron chi connectivity index (χ0n) is 23.4. The Morgan fingerprint density at radius 3 is 2.34 bits per heavy atom. The lowest BCUT2D eigenvalue weighted by Gasteiger charge is -2.50. The predicted molar refractivity (Wildman–Crippen MR) is 144 cm³/mol. The largest absolute Gasteiger partial charge is 0.479 e. The summed E-state index contributed by atoms with van der Waals surface area (Å²) in [6, 6.07) is 11.8. The Kier molecular flexibility index (Phi) is 8.54. The molecule has 35 heavy (non-hydrogen) atoms. The molecule has 1 heterocycles. The summed E-state index contributed by atoms with van der Waals surface area (Å²) in [5.74, 6) is -0.668. The number of aliphatic carboxylic acids is 1. The van der Waals surface area contributed by atoms with E-state index in [9.17, 15) is 4.79 Å². The molecule has 1 N–H and O–H groups in total. The van der Waals surface area contributed by atoms with Crippen molar-refractivity contribution >= 4 is 17.6 Å². The second-order valence-electron chi connectivity index (χ2n) is 10.4. The summed E-state index contributed by atoms with van der Waals surface area (Å²) in [6.45, 7) is 19.2. The maximum Gasteiger partial charge on any atom is 0.332 e. The van der Waals surface area contributed by atoms with Gasteiger partial charge in [-0.1, -0.05) is 35.9 Å². The molecule has 0 spiro atoms. The van der Waals surface area contributed by atoms with Crippen LogP contribution in [0, 0.1) is 27.7 Å². The average Bonchev–Trinajstić information content (AvgIpc) is 2.84. The van der Waals surface area contributed by atoms with Crippen LogP contribution in [0.3, 0.4) is 0 Å². The van der Waals surface area contributed by atoms with Crippen molar-refractivity contribution in [3.63, 3.8) is 0 Å². The van der Waals surface area contributed by atoms with Gasteiger partial charge in [-0.05, 0) is 94.8 Å². The van der Waals surface area contributed by atoms with Crippen LogP contribution < -0.4 is 0 Å². The zero-order valence-corrected chi connectivity index (χ0v) is 23.1. The van der Waals surface area contributed by atoms with Crippen molar-refractivity contribution in [2.24, 2.45) is 0 Å². The van der Waals surface area contributed by atoms with E-state index in [0.29, 0.717) is 6.61 Å². The molecule has 0 radical (unpaired) electrons. The topological polar surface area (TPSA) is 53.0 Å². The number of rotatable bonds is 8. The van der Waals surface area contributed by atoms with Gasteiger partial charge in [0, 0.05) is 36.2 Å². The van der Waals surface area contributed by atoms with E-state index < -0.39 is 12.1 Å². The maximum absolute atomic E-state index is 11.5. The molecular weight excluding hydrogens is 460 g/mol. The number of ether oxygens (including phenoxy) is 1. The fourth-order valence-corrected chi connectivity index (χ4v) is 5.44. The molecule has 5 atom stereocenters. The molecule has 5 nitrogen and oxygen atoms in total. The van der Waals surface area contributed by atoms with Gasteiger partial charge >= 0.3 is 5.97 Å². The van der Waals surface area contributed by atoms with Crippen LogP contribution in [0.25, 0.3) is 1.43 Å². The number of halogens is 1. The molecule has 1 fully saturated rings. The van der Waals surface area contributed by atoms with E-state index in [0.717, 1.165) is 23.7 Å². The minimum atomic E-state index is -0.744. The molecule has 0 aliphatic carbocycles. The van der Waals surface area contributed by atoms with Gasteiger partial charge in [-0.25, -0.2) is 4.79 Å². The smallest absolute Gasteiger partial charge is 0.332 e. The Bertz CT molecular complexity index is 1070. The van der Waals surface area contributed by atoms with Crippen LogP contribution in [0.2, 0.25) is 5.02 Å². The number of hydrogen-bond donors (Lipinski definition) is 1. The number of carbonyl (C=O) groups is 1. The van der Waals surface area contributed by atoms with Crippen LogP contribution in [0.4, 0.5) is 0 Å². The highest BCUT2D eigenvalue weighted by molar-refractivity contribution is 6.31. The highest BCUT2D eigenvalue weighted by Crippen LogP contribution is 2.38. The molecule has 1 aliphatic rings. The first kappa shape index (κ1) is 26.2. The van der Waals surface area contributed by atoms with Crippen molar-refractivity contribution in [2.75, 3.05) is 19.7 Å². The second kappa shape index (κ2) is 11.4. The summed E-state index contributed by atoms with van der Waals surface area (Å²) >= 11 is 6.41. The highest BCUT2D eigenvalue weighted by Gasteiger charge is 2.38. The van der Waals surface area contributed by atoms with Gasteiger partial charge in [-0.15, -0.1) is 0 Å². The Morgan fingerprint density at radius 1 is 1.09 bits per heavy atom. The van der Waals surface area contributed by atoms with Crippen LogP contribution in [-0.2, 0) is 9.53 Å². The number of nitrogens with zero attached hydrogens (tertiary/aromatic N) is 2. The van der Waals surface area contributed by atoms with Gasteiger partial charge in [-0.2, -0.15) is 0 Å². The molecule has 6 heteroatoms. The van der Waals surface area contributed by atoms with Gasteiger partial charge < -0.3 is 9.85 Å². The zero-order chi connectivity index (χ0) is 26.7. The van der Waals surface area contributed by atoms with Crippen molar-refractivity contribution in [3.8, 4) is 0 Å². The van der Waals surface area contributed by atoms with Crippen LogP contribution in [-0.4, -0.2) is 64.8 Å². The van der Waals surface area contributed by atoms with E-state index in [1.807, 2.05) is 6.07 Å². The number of hydrogen-bond acceptors (Lipinski definition) is 5. The SMILES string of the molecule is [2H]OC(=O)C(C)OCC(C)N1CC(C)N(C(c2ccc(Cl)c(C)c2)c2ccc(C)c(C)c2C)C(C)C1. The molecule has 0 saturated carbocycles. The lowest BCUT2D eigenvalue weighted by Crippen LogP contribution is -2.60. The van der Waals surface area contributed by atoms with Gasteiger partial charge in [0.15, 0.2) is 6.10 Å². The summed E-state index contributed by atoms with van der Waals surface area (Å²) < 4.78 is 12.5. The highest BCUT2D eigenvalue weighted by atomic mass is 35.5. The first-order chi connectivity index (χ1) is 17.0. The second-order valence-corrected chi connectivity index (χ2v) is 10.8. The molecule has 3 rings (SSSR count).